The fourth-order valence-electron chi connectivity index (χ4n) is 1.98. The maximum atomic E-state index is 5.97. The SMILES string of the molecule is Clc1ccc(C(c2cccc(Cl)n2)c2nn[nH]n2)cc1. The van der Waals surface area contributed by atoms with Gasteiger partial charge in [0.25, 0.3) is 0 Å². The van der Waals surface area contributed by atoms with Gasteiger partial charge in [-0.1, -0.05) is 46.6 Å². The molecule has 1 aromatic carbocycles. The van der Waals surface area contributed by atoms with Crippen LogP contribution in [0.2, 0.25) is 10.2 Å². The summed E-state index contributed by atoms with van der Waals surface area (Å²) in [4.78, 5) is 4.34. The first-order chi connectivity index (χ1) is 9.74. The highest BCUT2D eigenvalue weighted by Gasteiger charge is 2.22. The van der Waals surface area contributed by atoms with Crippen LogP contribution in [0.5, 0.6) is 0 Å². The molecule has 0 saturated heterocycles. The number of tetrazole rings is 1. The molecule has 3 rings (SSSR count). The summed E-state index contributed by atoms with van der Waals surface area (Å²) in [5.74, 6) is 0.284. The molecule has 1 N–H and O–H groups in total. The van der Waals surface area contributed by atoms with Crippen molar-refractivity contribution in [3.8, 4) is 0 Å². The zero-order chi connectivity index (χ0) is 13.9. The number of aromatic amines is 1. The monoisotopic (exact) mass is 305 g/mol. The van der Waals surface area contributed by atoms with E-state index in [4.69, 9.17) is 23.2 Å². The minimum atomic E-state index is -0.246. The molecule has 0 amide bonds. The summed E-state index contributed by atoms with van der Waals surface area (Å²) in [5.41, 5.74) is 1.71. The summed E-state index contributed by atoms with van der Waals surface area (Å²) in [7, 11) is 0. The molecule has 1 unspecified atom stereocenters. The van der Waals surface area contributed by atoms with Crippen molar-refractivity contribution in [2.75, 3.05) is 0 Å². The van der Waals surface area contributed by atoms with E-state index in [1.165, 1.54) is 0 Å². The number of pyridine rings is 1. The van der Waals surface area contributed by atoms with Crippen molar-refractivity contribution in [1.82, 2.24) is 25.6 Å². The van der Waals surface area contributed by atoms with Crippen LogP contribution in [0.25, 0.3) is 0 Å². The Hall–Kier alpha value is -1.98. The molecule has 20 heavy (non-hydrogen) atoms. The Labute approximate surface area is 125 Å². The molecule has 1 atom stereocenters. The number of rotatable bonds is 3. The number of benzene rings is 1. The summed E-state index contributed by atoms with van der Waals surface area (Å²) >= 11 is 11.9. The second-order valence-electron chi connectivity index (χ2n) is 4.14. The van der Waals surface area contributed by atoms with Crippen LogP contribution in [0.4, 0.5) is 0 Å². The number of hydrogen-bond donors (Lipinski definition) is 1. The lowest BCUT2D eigenvalue weighted by Crippen LogP contribution is -2.07. The van der Waals surface area contributed by atoms with Crippen molar-refractivity contribution in [2.45, 2.75) is 5.92 Å². The van der Waals surface area contributed by atoms with Crippen LogP contribution in [0.3, 0.4) is 0 Å². The zero-order valence-corrected chi connectivity index (χ0v) is 11.7. The largest absolute Gasteiger partial charge is 0.240 e. The van der Waals surface area contributed by atoms with E-state index in [9.17, 15) is 0 Å². The Bertz CT molecular complexity index is 697. The Kier molecular flexibility index (Phi) is 3.62. The third-order valence-electron chi connectivity index (χ3n) is 2.86. The molecule has 0 aliphatic rings. The lowest BCUT2D eigenvalue weighted by molar-refractivity contribution is 0.829. The summed E-state index contributed by atoms with van der Waals surface area (Å²) < 4.78 is 0. The van der Waals surface area contributed by atoms with Crippen molar-refractivity contribution in [1.29, 1.82) is 0 Å². The average molecular weight is 306 g/mol. The second kappa shape index (κ2) is 5.56. The quantitative estimate of drug-likeness (QED) is 0.755. The highest BCUT2D eigenvalue weighted by Crippen LogP contribution is 2.29. The van der Waals surface area contributed by atoms with Gasteiger partial charge in [-0.05, 0) is 29.8 Å². The van der Waals surface area contributed by atoms with Gasteiger partial charge in [0.1, 0.15) is 5.15 Å². The molecule has 0 radical (unpaired) electrons. The van der Waals surface area contributed by atoms with Crippen molar-refractivity contribution in [3.05, 3.63) is 69.7 Å². The van der Waals surface area contributed by atoms with E-state index in [1.807, 2.05) is 36.4 Å². The van der Waals surface area contributed by atoms with Gasteiger partial charge in [0.2, 0.25) is 0 Å². The molecule has 0 aliphatic heterocycles. The predicted octanol–water partition coefficient (Wildman–Crippen LogP) is 3.08. The fourth-order valence-corrected chi connectivity index (χ4v) is 2.28. The molecule has 3 aromatic rings. The third-order valence-corrected chi connectivity index (χ3v) is 3.32. The van der Waals surface area contributed by atoms with E-state index < -0.39 is 0 Å². The minimum Gasteiger partial charge on any atom is -0.240 e. The molecule has 0 bridgehead atoms. The second-order valence-corrected chi connectivity index (χ2v) is 4.96. The highest BCUT2D eigenvalue weighted by atomic mass is 35.5. The van der Waals surface area contributed by atoms with E-state index in [1.54, 1.807) is 6.07 Å². The van der Waals surface area contributed by atoms with Crippen LogP contribution in [-0.4, -0.2) is 25.6 Å². The van der Waals surface area contributed by atoms with Crippen molar-refractivity contribution < 1.29 is 0 Å². The number of nitrogens with zero attached hydrogens (tertiary/aromatic N) is 4. The number of halogens is 2. The van der Waals surface area contributed by atoms with E-state index in [0.29, 0.717) is 16.0 Å². The van der Waals surface area contributed by atoms with E-state index in [0.717, 1.165) is 11.3 Å². The van der Waals surface area contributed by atoms with Crippen molar-refractivity contribution in [2.24, 2.45) is 0 Å². The molecule has 0 saturated carbocycles. The molecule has 2 heterocycles. The lowest BCUT2D eigenvalue weighted by Gasteiger charge is -2.13. The standard InChI is InChI=1S/C13H9Cl2N5/c14-9-6-4-8(5-7-9)12(13-17-19-20-18-13)10-2-1-3-11(15)16-10/h1-7,12H,(H,17,18,19,20). The molecular weight excluding hydrogens is 297 g/mol. The zero-order valence-electron chi connectivity index (χ0n) is 10.2. The van der Waals surface area contributed by atoms with E-state index in [-0.39, 0.29) is 5.92 Å². The van der Waals surface area contributed by atoms with Crippen LogP contribution in [0, 0.1) is 0 Å². The number of aromatic nitrogens is 5. The normalized spacial score (nSPS) is 12.3. The molecule has 100 valence electrons. The van der Waals surface area contributed by atoms with E-state index >= 15 is 0 Å². The molecule has 0 spiro atoms. The smallest absolute Gasteiger partial charge is 0.187 e. The Morgan fingerprint density at radius 1 is 1.00 bits per heavy atom. The Morgan fingerprint density at radius 2 is 1.80 bits per heavy atom. The fraction of sp³-hybridized carbons (Fsp3) is 0.0769. The van der Waals surface area contributed by atoms with Gasteiger partial charge in [-0.3, -0.25) is 0 Å². The highest BCUT2D eigenvalue weighted by molar-refractivity contribution is 6.30. The van der Waals surface area contributed by atoms with Gasteiger partial charge >= 0.3 is 0 Å². The Morgan fingerprint density at radius 3 is 2.45 bits per heavy atom. The Balaban J connectivity index is 2.11. The topological polar surface area (TPSA) is 67.3 Å². The molecule has 0 fully saturated rings. The van der Waals surface area contributed by atoms with Gasteiger partial charge in [0, 0.05) is 5.02 Å². The molecular formula is C13H9Cl2N5. The summed E-state index contributed by atoms with van der Waals surface area (Å²) in [6.07, 6.45) is 0. The molecule has 5 nitrogen and oxygen atoms in total. The predicted molar refractivity (Wildman–Crippen MR) is 75.8 cm³/mol. The van der Waals surface area contributed by atoms with Crippen molar-refractivity contribution in [3.63, 3.8) is 0 Å². The third kappa shape index (κ3) is 2.64. The lowest BCUT2D eigenvalue weighted by atomic mass is 9.94. The van der Waals surface area contributed by atoms with Gasteiger partial charge in [0.05, 0.1) is 11.6 Å². The van der Waals surface area contributed by atoms with Gasteiger partial charge in [-0.2, -0.15) is 5.21 Å². The molecule has 2 aromatic heterocycles. The van der Waals surface area contributed by atoms with Crippen LogP contribution in [-0.2, 0) is 0 Å². The first-order valence-electron chi connectivity index (χ1n) is 5.85. The van der Waals surface area contributed by atoms with Crippen LogP contribution in [0.1, 0.15) is 23.0 Å². The number of H-pyrrole nitrogens is 1. The van der Waals surface area contributed by atoms with Gasteiger partial charge in [0.15, 0.2) is 5.82 Å². The number of nitrogens with one attached hydrogen (secondary N) is 1. The summed E-state index contributed by atoms with van der Waals surface area (Å²) in [5, 5.41) is 15.3. The van der Waals surface area contributed by atoms with Gasteiger partial charge in [-0.25, -0.2) is 4.98 Å². The molecule has 0 aliphatic carbocycles. The van der Waals surface area contributed by atoms with E-state index in [2.05, 4.69) is 25.6 Å². The number of hydrogen-bond acceptors (Lipinski definition) is 4. The summed E-state index contributed by atoms with van der Waals surface area (Å²) in [6.45, 7) is 0. The maximum absolute atomic E-state index is 5.97. The minimum absolute atomic E-state index is 0.246. The van der Waals surface area contributed by atoms with Crippen LogP contribution >= 0.6 is 23.2 Å². The first kappa shape index (κ1) is 13.0. The van der Waals surface area contributed by atoms with Crippen molar-refractivity contribution >= 4 is 23.2 Å². The summed E-state index contributed by atoms with van der Waals surface area (Å²) in [6, 6.07) is 12.9. The van der Waals surface area contributed by atoms with Gasteiger partial charge in [-0.15, -0.1) is 10.2 Å². The maximum Gasteiger partial charge on any atom is 0.187 e. The van der Waals surface area contributed by atoms with Gasteiger partial charge < -0.3 is 0 Å². The van der Waals surface area contributed by atoms with Crippen LogP contribution < -0.4 is 0 Å². The first-order valence-corrected chi connectivity index (χ1v) is 6.61. The average Bonchev–Trinajstić information content (AvgIpc) is 2.95. The van der Waals surface area contributed by atoms with Crippen LogP contribution in [0.15, 0.2) is 42.5 Å². The molecule has 7 heteroatoms.